The molecule has 5 heterocycles. The smallest absolute Gasteiger partial charge is 0.399 e. The van der Waals surface area contributed by atoms with Gasteiger partial charge in [-0.05, 0) is 164 Å². The minimum absolute atomic E-state index is 0.320. The van der Waals surface area contributed by atoms with Gasteiger partial charge in [-0.2, -0.15) is 0 Å². The third kappa shape index (κ3) is 15.0. The highest BCUT2D eigenvalue weighted by molar-refractivity contribution is 9.10. The summed E-state index contributed by atoms with van der Waals surface area (Å²) in [6.07, 6.45) is 7.54. The van der Waals surface area contributed by atoms with Gasteiger partial charge in [0.2, 0.25) is 0 Å². The fourth-order valence-electron chi connectivity index (χ4n) is 13.9. The number of hydrogen-bond donors (Lipinski definition) is 0. The first-order valence-corrected chi connectivity index (χ1v) is 37.6. The quantitative estimate of drug-likeness (QED) is 0.0863. The standard InChI is InChI=1S/C46H30N4.C33H22BrN3.C19H20BNO2/c1-3-8-31(9-4-1)32-18-21-37(22-19-32)45-48-44(36-10-5-2-6-11-36)49-46(50-45)41-13-7-12-38(29-41)33-14-16-34(17-15-33)39-24-25-42-40(28-39)23-20-35-26-27-47-30-43(35)42;34-30-20-18-25(19-21-30)28-12-7-13-29(22-28)33-36-31(26-10-5-2-6-11-26)35-32(37-33)27-16-14-24(15-17-27)23-8-3-1-4-9-23;1-18(2)19(3,4)23-20(22-18)15-7-8-16-14(11-15)6-5-13-9-10-21-12-17(13)16/h1-30H;1-22H;5-12H,1-4H3. The molecule has 0 saturated carbocycles. The number of fused-ring (bicyclic) bond motifs is 6. The van der Waals surface area contributed by atoms with Crippen LogP contribution >= 0.6 is 15.9 Å². The van der Waals surface area contributed by atoms with Crippen molar-refractivity contribution in [2.75, 3.05) is 0 Å². The van der Waals surface area contributed by atoms with Gasteiger partial charge >= 0.3 is 7.12 Å². The van der Waals surface area contributed by atoms with Gasteiger partial charge in [-0.15, -0.1) is 0 Å². The first-order valence-electron chi connectivity index (χ1n) is 36.8. The lowest BCUT2D eigenvalue weighted by atomic mass is 9.78. The molecule has 526 valence electrons. The molecule has 0 radical (unpaired) electrons. The van der Waals surface area contributed by atoms with Crippen molar-refractivity contribution in [3.8, 4) is 124 Å². The lowest BCUT2D eigenvalue weighted by molar-refractivity contribution is 0.00578. The van der Waals surface area contributed by atoms with Gasteiger partial charge in [0.25, 0.3) is 0 Å². The van der Waals surface area contributed by atoms with Crippen molar-refractivity contribution in [2.24, 2.45) is 0 Å². The molecule has 18 aromatic rings. The highest BCUT2D eigenvalue weighted by atomic mass is 79.9. The molecule has 0 N–H and O–H groups in total. The number of benzene rings is 14. The Morgan fingerprint density at radius 2 is 0.518 bits per heavy atom. The summed E-state index contributed by atoms with van der Waals surface area (Å²) in [4.78, 5) is 38.2. The second-order valence-corrected chi connectivity index (χ2v) is 29.2. The van der Waals surface area contributed by atoms with Gasteiger partial charge in [-0.1, -0.05) is 313 Å². The van der Waals surface area contributed by atoms with Gasteiger partial charge in [-0.25, -0.2) is 29.9 Å². The molecule has 0 bridgehead atoms. The van der Waals surface area contributed by atoms with E-state index in [1.54, 1.807) is 0 Å². The molecule has 110 heavy (non-hydrogen) atoms. The van der Waals surface area contributed by atoms with Crippen molar-refractivity contribution < 1.29 is 9.31 Å². The van der Waals surface area contributed by atoms with E-state index in [0.29, 0.717) is 34.9 Å². The van der Waals surface area contributed by atoms with E-state index in [-0.39, 0.29) is 18.3 Å². The van der Waals surface area contributed by atoms with Crippen LogP contribution in [0.1, 0.15) is 27.7 Å². The third-order valence-corrected chi connectivity index (χ3v) is 21.2. The second kappa shape index (κ2) is 30.6. The molecule has 0 unspecified atom stereocenters. The van der Waals surface area contributed by atoms with Gasteiger partial charge in [0.15, 0.2) is 34.9 Å². The SMILES string of the molecule is Brc1ccc(-c2cccc(-c3nc(-c4ccccc4)nc(-c4ccc(-c5ccccc5)cc4)n3)c2)cc1.CC1(C)OB(c2ccc3c(ccc4ccncc43)c2)OC1(C)C.c1ccc(-c2ccc(-c3nc(-c4ccccc4)nc(-c4cccc(-c5ccc(-c6ccc7c(ccc8ccncc87)c6)cc5)c4)n3)cc2)cc1. The summed E-state index contributed by atoms with van der Waals surface area (Å²) >= 11 is 3.52. The Hall–Kier alpha value is -13.1. The predicted octanol–water partition coefficient (Wildman–Crippen LogP) is 24.2. The van der Waals surface area contributed by atoms with Gasteiger partial charge in [0.05, 0.1) is 11.2 Å². The maximum atomic E-state index is 6.15. The molecule has 14 aromatic carbocycles. The van der Waals surface area contributed by atoms with Crippen molar-refractivity contribution in [3.63, 3.8) is 0 Å². The molecule has 19 rings (SSSR count). The topological polar surface area (TPSA) is 122 Å². The molecule has 0 spiro atoms. The second-order valence-electron chi connectivity index (χ2n) is 28.3. The first-order chi connectivity index (χ1) is 53.8. The van der Waals surface area contributed by atoms with E-state index in [1.165, 1.54) is 65.3 Å². The molecule has 10 nitrogen and oxygen atoms in total. The molecule has 0 atom stereocenters. The Bertz CT molecular complexity index is 6320. The molecule has 1 aliphatic rings. The maximum absolute atomic E-state index is 6.15. The Balaban J connectivity index is 0.000000129. The minimum Gasteiger partial charge on any atom is -0.399 e. The van der Waals surface area contributed by atoms with Crippen molar-refractivity contribution in [1.29, 1.82) is 0 Å². The van der Waals surface area contributed by atoms with Gasteiger partial charge in [-0.3, -0.25) is 9.97 Å². The average molecular weight is 1480 g/mol. The van der Waals surface area contributed by atoms with Crippen LogP contribution in [0, 0.1) is 0 Å². The number of hydrogen-bond acceptors (Lipinski definition) is 10. The average Bonchev–Trinajstić information content (AvgIpc) is 1.59. The summed E-state index contributed by atoms with van der Waals surface area (Å²) in [6.45, 7) is 8.31. The summed E-state index contributed by atoms with van der Waals surface area (Å²) in [5, 5.41) is 9.56. The largest absolute Gasteiger partial charge is 0.494 e. The summed E-state index contributed by atoms with van der Waals surface area (Å²) < 4.78 is 13.4. The normalized spacial score (nSPS) is 12.8. The number of aromatic nitrogens is 8. The molecular formula is C98H72BBrN8O2. The van der Waals surface area contributed by atoms with E-state index in [4.69, 9.17) is 39.2 Å². The van der Waals surface area contributed by atoms with E-state index in [9.17, 15) is 0 Å². The zero-order valence-electron chi connectivity index (χ0n) is 61.0. The van der Waals surface area contributed by atoms with E-state index in [1.807, 2.05) is 110 Å². The zero-order chi connectivity index (χ0) is 74.6. The molecular weight excluding hydrogens is 1410 g/mol. The summed E-state index contributed by atoms with van der Waals surface area (Å²) in [5.74, 6) is 3.88. The lowest BCUT2D eigenvalue weighted by Gasteiger charge is -2.32. The van der Waals surface area contributed by atoms with Crippen LogP contribution in [0.5, 0.6) is 0 Å². The lowest BCUT2D eigenvalue weighted by Crippen LogP contribution is -2.41. The Morgan fingerprint density at radius 3 is 0.927 bits per heavy atom. The first kappa shape index (κ1) is 69.9. The van der Waals surface area contributed by atoms with E-state index < -0.39 is 0 Å². The molecule has 4 aromatic heterocycles. The number of pyridine rings is 2. The molecule has 1 saturated heterocycles. The van der Waals surface area contributed by atoms with Gasteiger partial charge in [0, 0.05) is 73.4 Å². The van der Waals surface area contributed by atoms with Crippen molar-refractivity contribution in [3.05, 3.63) is 369 Å². The summed E-state index contributed by atoms with van der Waals surface area (Å²) in [6, 6.07) is 117. The summed E-state index contributed by atoms with van der Waals surface area (Å²) in [7, 11) is -0.325. The fourth-order valence-corrected chi connectivity index (χ4v) is 14.1. The zero-order valence-corrected chi connectivity index (χ0v) is 62.6. The van der Waals surface area contributed by atoms with Crippen molar-refractivity contribution in [1.82, 2.24) is 39.9 Å². The monoisotopic (exact) mass is 1480 g/mol. The molecule has 1 fully saturated rings. The van der Waals surface area contributed by atoms with Crippen LogP contribution in [0.25, 0.3) is 167 Å². The Kier molecular flexibility index (Phi) is 19.5. The number of nitrogens with zero attached hydrogens (tertiary/aromatic N) is 8. The van der Waals surface area contributed by atoms with Gasteiger partial charge < -0.3 is 9.31 Å². The van der Waals surface area contributed by atoms with Crippen LogP contribution in [-0.2, 0) is 9.31 Å². The highest BCUT2D eigenvalue weighted by Gasteiger charge is 2.51. The van der Waals surface area contributed by atoms with Crippen LogP contribution in [0.15, 0.2) is 369 Å². The Morgan fingerprint density at radius 1 is 0.236 bits per heavy atom. The molecule has 0 amide bonds. The van der Waals surface area contributed by atoms with Crippen LogP contribution in [0.4, 0.5) is 0 Å². The molecule has 12 heteroatoms. The number of rotatable bonds is 12. The van der Waals surface area contributed by atoms with E-state index in [0.717, 1.165) is 76.7 Å². The molecule has 0 aliphatic carbocycles. The van der Waals surface area contributed by atoms with Crippen LogP contribution in [0.3, 0.4) is 0 Å². The fraction of sp³-hybridized carbons (Fsp3) is 0.0612. The van der Waals surface area contributed by atoms with Crippen molar-refractivity contribution >= 4 is 71.6 Å². The van der Waals surface area contributed by atoms with Crippen LogP contribution in [-0.4, -0.2) is 58.2 Å². The summed E-state index contributed by atoms with van der Waals surface area (Å²) in [5.41, 5.74) is 17.6. The van der Waals surface area contributed by atoms with E-state index >= 15 is 0 Å². The van der Waals surface area contributed by atoms with Crippen molar-refractivity contribution in [2.45, 2.75) is 38.9 Å². The predicted molar refractivity (Wildman–Crippen MR) is 455 cm³/mol. The number of halogens is 1. The van der Waals surface area contributed by atoms with Gasteiger partial charge in [0.1, 0.15) is 0 Å². The highest BCUT2D eigenvalue weighted by Crippen LogP contribution is 2.39. The third-order valence-electron chi connectivity index (χ3n) is 20.6. The maximum Gasteiger partial charge on any atom is 0.494 e. The molecule has 1 aliphatic heterocycles. The Labute approximate surface area is 648 Å². The van der Waals surface area contributed by atoms with E-state index in [2.05, 4.69) is 308 Å². The van der Waals surface area contributed by atoms with Crippen LogP contribution in [0.2, 0.25) is 0 Å². The van der Waals surface area contributed by atoms with Crippen LogP contribution < -0.4 is 5.46 Å². The minimum atomic E-state index is -0.325.